The van der Waals surface area contributed by atoms with Gasteiger partial charge in [0.05, 0.1) is 25.9 Å². The van der Waals surface area contributed by atoms with Crippen LogP contribution in [0.25, 0.3) is 5.82 Å². The fourth-order valence-electron chi connectivity index (χ4n) is 3.34. The Morgan fingerprint density at radius 1 is 1.37 bits per heavy atom. The number of nitrogens with one attached hydrogen (secondary N) is 1. The number of hydrogen-bond acceptors (Lipinski definition) is 5. The highest BCUT2D eigenvalue weighted by Crippen LogP contribution is 2.21. The Hall–Kier alpha value is -2.47. The fourth-order valence-corrected chi connectivity index (χ4v) is 3.34. The largest absolute Gasteiger partial charge is 0.370 e. The van der Waals surface area contributed by atoms with Crippen molar-refractivity contribution in [2.45, 2.75) is 19.6 Å². The molecule has 1 N–H and O–H groups in total. The lowest BCUT2D eigenvalue weighted by atomic mass is 10.1. The highest BCUT2D eigenvalue weighted by Gasteiger charge is 2.25. The van der Waals surface area contributed by atoms with Crippen molar-refractivity contribution in [3.05, 3.63) is 60.6 Å². The van der Waals surface area contributed by atoms with Crippen LogP contribution in [0.15, 0.2) is 54.4 Å². The van der Waals surface area contributed by atoms with Crippen molar-refractivity contribution < 1.29 is 4.74 Å². The van der Waals surface area contributed by atoms with E-state index in [0.717, 1.165) is 42.5 Å². The predicted octanol–water partition coefficient (Wildman–Crippen LogP) is 2.16. The van der Waals surface area contributed by atoms with E-state index in [1.54, 1.807) is 23.4 Å². The van der Waals surface area contributed by atoms with Crippen LogP contribution >= 0.6 is 24.0 Å². The van der Waals surface area contributed by atoms with Crippen LogP contribution in [0.3, 0.4) is 0 Å². The minimum Gasteiger partial charge on any atom is -0.370 e. The molecule has 4 rings (SSSR count). The Bertz CT molecular complexity index is 955. The standard InChI is InChI=1S/C20H26N8O.HI/c1-3-22-20(27-8-9-29-18(14-27)17-12-25-26(2)13-17)24-11-16-4-5-23-19(10-16)28-7-6-21-15-28;/h4-7,10,12-13,15,18H,3,8-9,11,14H2,1-2H3,(H,22,24);1H. The van der Waals surface area contributed by atoms with Crippen molar-refractivity contribution in [2.24, 2.45) is 12.0 Å². The van der Waals surface area contributed by atoms with E-state index in [0.29, 0.717) is 13.2 Å². The molecule has 9 nitrogen and oxygen atoms in total. The van der Waals surface area contributed by atoms with E-state index < -0.39 is 0 Å². The first-order chi connectivity index (χ1) is 14.2. The van der Waals surface area contributed by atoms with Gasteiger partial charge in [-0.25, -0.2) is 15.0 Å². The molecule has 1 unspecified atom stereocenters. The van der Waals surface area contributed by atoms with Crippen molar-refractivity contribution in [3.63, 3.8) is 0 Å². The second kappa shape index (κ2) is 10.5. The van der Waals surface area contributed by atoms with E-state index in [-0.39, 0.29) is 30.1 Å². The van der Waals surface area contributed by atoms with Crippen molar-refractivity contribution in [1.29, 1.82) is 0 Å². The summed E-state index contributed by atoms with van der Waals surface area (Å²) in [5.41, 5.74) is 2.18. The molecule has 0 bridgehead atoms. The van der Waals surface area contributed by atoms with Crippen LogP contribution in [0, 0.1) is 0 Å². The molecule has 4 heterocycles. The van der Waals surface area contributed by atoms with Gasteiger partial charge in [-0.05, 0) is 24.6 Å². The van der Waals surface area contributed by atoms with Crippen LogP contribution in [0.5, 0.6) is 0 Å². The summed E-state index contributed by atoms with van der Waals surface area (Å²) in [6, 6.07) is 4.03. The first-order valence-electron chi connectivity index (χ1n) is 9.79. The molecule has 3 aromatic heterocycles. The molecule has 30 heavy (non-hydrogen) atoms. The summed E-state index contributed by atoms with van der Waals surface area (Å²) in [6.45, 7) is 5.67. The quantitative estimate of drug-likeness (QED) is 0.314. The molecule has 1 aliphatic heterocycles. The van der Waals surface area contributed by atoms with E-state index in [9.17, 15) is 0 Å². The summed E-state index contributed by atoms with van der Waals surface area (Å²) in [5, 5.41) is 7.67. The average molecular weight is 522 g/mol. The molecule has 1 saturated heterocycles. The number of hydrogen-bond donors (Lipinski definition) is 1. The zero-order chi connectivity index (χ0) is 20.1. The van der Waals surface area contributed by atoms with Gasteiger partial charge in [0.2, 0.25) is 0 Å². The SMILES string of the molecule is CCNC(=NCc1ccnc(-n2ccnc2)c1)N1CCOC(c2cnn(C)c2)C1.I. The molecular formula is C20H27IN8O. The maximum atomic E-state index is 5.96. The average Bonchev–Trinajstić information content (AvgIpc) is 3.43. The minimum absolute atomic E-state index is 0. The number of halogens is 1. The molecule has 0 aromatic carbocycles. The molecule has 0 radical (unpaired) electrons. The Morgan fingerprint density at radius 3 is 3.00 bits per heavy atom. The number of pyridine rings is 1. The van der Waals surface area contributed by atoms with Crippen molar-refractivity contribution >= 4 is 29.9 Å². The van der Waals surface area contributed by atoms with Gasteiger partial charge in [0, 0.05) is 50.5 Å². The maximum absolute atomic E-state index is 5.96. The van der Waals surface area contributed by atoms with Gasteiger partial charge in [-0.2, -0.15) is 5.10 Å². The minimum atomic E-state index is -0.00456. The molecule has 0 spiro atoms. The van der Waals surface area contributed by atoms with Gasteiger partial charge in [-0.15, -0.1) is 24.0 Å². The third-order valence-corrected chi connectivity index (χ3v) is 4.79. The summed E-state index contributed by atoms with van der Waals surface area (Å²) in [5.74, 6) is 1.73. The second-order valence-corrected chi connectivity index (χ2v) is 6.92. The van der Waals surface area contributed by atoms with Gasteiger partial charge in [-0.1, -0.05) is 0 Å². The van der Waals surface area contributed by atoms with Crippen molar-refractivity contribution in [2.75, 3.05) is 26.2 Å². The number of nitrogens with zero attached hydrogens (tertiary/aromatic N) is 7. The third-order valence-electron chi connectivity index (χ3n) is 4.79. The highest BCUT2D eigenvalue weighted by atomic mass is 127. The number of rotatable bonds is 5. The van der Waals surface area contributed by atoms with Crippen LogP contribution in [0.1, 0.15) is 24.2 Å². The maximum Gasteiger partial charge on any atom is 0.194 e. The number of ether oxygens (including phenoxy) is 1. The molecular weight excluding hydrogens is 495 g/mol. The van der Waals surface area contributed by atoms with E-state index in [2.05, 4.69) is 32.2 Å². The number of aromatic nitrogens is 5. The molecule has 0 saturated carbocycles. The van der Waals surface area contributed by atoms with Gasteiger partial charge < -0.3 is 15.0 Å². The van der Waals surface area contributed by atoms with Crippen LogP contribution in [-0.4, -0.2) is 61.4 Å². The zero-order valence-corrected chi connectivity index (χ0v) is 19.5. The Morgan fingerprint density at radius 2 is 2.27 bits per heavy atom. The fraction of sp³-hybridized carbons (Fsp3) is 0.400. The van der Waals surface area contributed by atoms with Gasteiger partial charge in [-0.3, -0.25) is 9.25 Å². The lowest BCUT2D eigenvalue weighted by Crippen LogP contribution is -2.48. The number of morpholine rings is 1. The molecule has 10 heteroatoms. The summed E-state index contributed by atoms with van der Waals surface area (Å²) in [7, 11) is 1.92. The van der Waals surface area contributed by atoms with E-state index >= 15 is 0 Å². The Kier molecular flexibility index (Phi) is 7.80. The highest BCUT2D eigenvalue weighted by molar-refractivity contribution is 14.0. The number of guanidine groups is 1. The Balaban J connectivity index is 0.00000256. The smallest absolute Gasteiger partial charge is 0.194 e. The molecule has 1 aliphatic rings. The summed E-state index contributed by atoms with van der Waals surface area (Å²) >= 11 is 0. The van der Waals surface area contributed by atoms with Gasteiger partial charge in [0.25, 0.3) is 0 Å². The van der Waals surface area contributed by atoms with Crippen LogP contribution in [-0.2, 0) is 18.3 Å². The van der Waals surface area contributed by atoms with Gasteiger partial charge >= 0.3 is 0 Å². The molecule has 0 amide bonds. The molecule has 160 valence electrons. The van der Waals surface area contributed by atoms with Gasteiger partial charge in [0.1, 0.15) is 18.2 Å². The van der Waals surface area contributed by atoms with Crippen LogP contribution in [0.4, 0.5) is 0 Å². The van der Waals surface area contributed by atoms with E-state index in [1.807, 2.05) is 42.3 Å². The van der Waals surface area contributed by atoms with Gasteiger partial charge in [0.15, 0.2) is 5.96 Å². The third kappa shape index (κ3) is 5.36. The topological polar surface area (TPSA) is 85.4 Å². The monoisotopic (exact) mass is 522 g/mol. The molecule has 0 aliphatic carbocycles. The summed E-state index contributed by atoms with van der Waals surface area (Å²) < 4.78 is 9.65. The first-order valence-corrected chi connectivity index (χ1v) is 9.79. The van der Waals surface area contributed by atoms with E-state index in [1.165, 1.54) is 0 Å². The number of aryl methyl sites for hydroxylation is 1. The molecule has 1 fully saturated rings. The second-order valence-electron chi connectivity index (χ2n) is 6.92. The lowest BCUT2D eigenvalue weighted by molar-refractivity contribution is -0.00805. The summed E-state index contributed by atoms with van der Waals surface area (Å²) in [6.07, 6.45) is 11.0. The lowest BCUT2D eigenvalue weighted by Gasteiger charge is -2.34. The van der Waals surface area contributed by atoms with Crippen molar-refractivity contribution in [3.8, 4) is 5.82 Å². The number of aliphatic imine (C=N–C) groups is 1. The van der Waals surface area contributed by atoms with E-state index in [4.69, 9.17) is 9.73 Å². The van der Waals surface area contributed by atoms with Crippen molar-refractivity contribution in [1.82, 2.24) is 34.5 Å². The first kappa shape index (κ1) is 22.2. The van der Waals surface area contributed by atoms with Crippen LogP contribution in [0.2, 0.25) is 0 Å². The summed E-state index contributed by atoms with van der Waals surface area (Å²) in [4.78, 5) is 15.6. The number of imidazole rings is 1. The Labute approximate surface area is 193 Å². The predicted molar refractivity (Wildman–Crippen MR) is 125 cm³/mol. The van der Waals surface area contributed by atoms with Crippen LogP contribution < -0.4 is 5.32 Å². The molecule has 1 atom stereocenters. The zero-order valence-electron chi connectivity index (χ0n) is 17.2. The molecule has 3 aromatic rings. The normalized spacial score (nSPS) is 16.9.